The minimum atomic E-state index is -4.82. The minimum Gasteiger partial charge on any atom is -0.392 e. The fraction of sp³-hybridized carbons (Fsp3) is 0.550. The van der Waals surface area contributed by atoms with Gasteiger partial charge in [-0.15, -0.1) is 0 Å². The van der Waals surface area contributed by atoms with Crippen molar-refractivity contribution in [3.05, 3.63) is 35.1 Å². The minimum absolute atomic E-state index is 0.151. The van der Waals surface area contributed by atoms with Crippen LogP contribution in [-0.4, -0.2) is 48.0 Å². The summed E-state index contributed by atoms with van der Waals surface area (Å²) in [6, 6.07) is 2.15. The number of carbonyl (C=O) groups excluding carboxylic acids is 2. The van der Waals surface area contributed by atoms with Crippen molar-refractivity contribution in [3.63, 3.8) is 0 Å². The third-order valence-electron chi connectivity index (χ3n) is 5.74. The van der Waals surface area contributed by atoms with Crippen LogP contribution in [0, 0.1) is 11.7 Å². The zero-order chi connectivity index (χ0) is 22.2. The number of halogens is 4. The van der Waals surface area contributed by atoms with Gasteiger partial charge in [0, 0.05) is 38.0 Å². The normalized spacial score (nSPS) is 20.3. The van der Waals surface area contributed by atoms with E-state index in [2.05, 4.69) is 10.5 Å². The number of oxime groups is 1. The van der Waals surface area contributed by atoms with Gasteiger partial charge < -0.3 is 19.8 Å². The lowest BCUT2D eigenvalue weighted by Gasteiger charge is -2.37. The average Bonchev–Trinajstić information content (AvgIpc) is 3.47. The fourth-order valence-electron chi connectivity index (χ4n) is 3.68. The molecule has 168 valence electrons. The summed E-state index contributed by atoms with van der Waals surface area (Å²) in [6.07, 6.45) is -2.14. The van der Waals surface area contributed by atoms with E-state index in [4.69, 9.17) is 9.57 Å². The van der Waals surface area contributed by atoms with Crippen molar-refractivity contribution in [1.82, 2.24) is 10.2 Å². The molecule has 3 aliphatic rings. The van der Waals surface area contributed by atoms with Crippen LogP contribution in [0.3, 0.4) is 0 Å². The first kappa shape index (κ1) is 21.4. The smallest absolute Gasteiger partial charge is 0.392 e. The van der Waals surface area contributed by atoms with Crippen molar-refractivity contribution in [2.75, 3.05) is 19.6 Å². The van der Waals surface area contributed by atoms with E-state index in [-0.39, 0.29) is 31.0 Å². The second-order valence-corrected chi connectivity index (χ2v) is 8.13. The van der Waals surface area contributed by atoms with Crippen molar-refractivity contribution in [3.8, 4) is 0 Å². The molecule has 2 aliphatic heterocycles. The SMILES string of the molecule is O=C(NCC1CC1)OC1=NOC2(CCN(C(=O)c3ccc(C(F)(F)F)c(F)c3)CC2)C1. The van der Waals surface area contributed by atoms with Crippen LogP contribution >= 0.6 is 0 Å². The summed E-state index contributed by atoms with van der Waals surface area (Å²) >= 11 is 0. The highest BCUT2D eigenvalue weighted by molar-refractivity contribution is 5.94. The number of hydrogen-bond donors (Lipinski definition) is 1. The first-order valence-electron chi connectivity index (χ1n) is 10.0. The summed E-state index contributed by atoms with van der Waals surface area (Å²) < 4.78 is 57.1. The van der Waals surface area contributed by atoms with Crippen LogP contribution in [0.25, 0.3) is 0 Å². The predicted molar refractivity (Wildman–Crippen MR) is 99.6 cm³/mol. The van der Waals surface area contributed by atoms with Gasteiger partial charge in [-0.25, -0.2) is 9.18 Å². The molecule has 1 aromatic carbocycles. The van der Waals surface area contributed by atoms with Gasteiger partial charge in [-0.05, 0) is 37.0 Å². The van der Waals surface area contributed by atoms with Crippen molar-refractivity contribution in [2.45, 2.75) is 43.9 Å². The van der Waals surface area contributed by atoms with Crippen LogP contribution in [0.2, 0.25) is 0 Å². The molecule has 11 heteroatoms. The van der Waals surface area contributed by atoms with Gasteiger partial charge in [0.15, 0.2) is 0 Å². The number of likely N-dealkylation sites (tertiary alicyclic amines) is 1. The van der Waals surface area contributed by atoms with Crippen LogP contribution in [0.15, 0.2) is 23.4 Å². The van der Waals surface area contributed by atoms with E-state index in [1.54, 1.807) is 0 Å². The summed E-state index contributed by atoms with van der Waals surface area (Å²) in [5.74, 6) is -1.36. The number of rotatable bonds is 3. The van der Waals surface area contributed by atoms with E-state index >= 15 is 0 Å². The van der Waals surface area contributed by atoms with E-state index in [1.807, 2.05) is 0 Å². The maximum atomic E-state index is 13.8. The Morgan fingerprint density at radius 3 is 2.58 bits per heavy atom. The molecule has 0 radical (unpaired) electrons. The first-order chi connectivity index (χ1) is 14.7. The maximum absolute atomic E-state index is 13.8. The third-order valence-corrected chi connectivity index (χ3v) is 5.74. The highest BCUT2D eigenvalue weighted by Gasteiger charge is 2.44. The number of alkyl halides is 3. The molecule has 1 aliphatic carbocycles. The molecule has 1 N–H and O–H groups in total. The van der Waals surface area contributed by atoms with Crippen molar-refractivity contribution in [2.24, 2.45) is 11.1 Å². The number of hydrogen-bond acceptors (Lipinski definition) is 5. The zero-order valence-corrected chi connectivity index (χ0v) is 16.5. The van der Waals surface area contributed by atoms with E-state index in [0.29, 0.717) is 37.4 Å². The van der Waals surface area contributed by atoms with Crippen LogP contribution < -0.4 is 5.32 Å². The van der Waals surface area contributed by atoms with Crippen molar-refractivity contribution < 1.29 is 36.7 Å². The van der Waals surface area contributed by atoms with E-state index in [1.165, 1.54) is 4.90 Å². The Bertz CT molecular complexity index is 906. The van der Waals surface area contributed by atoms with Gasteiger partial charge in [-0.3, -0.25) is 4.79 Å². The number of benzene rings is 1. The molecule has 7 nitrogen and oxygen atoms in total. The number of amides is 2. The Hall–Kier alpha value is -2.85. The molecule has 1 aromatic rings. The quantitative estimate of drug-likeness (QED) is 0.723. The predicted octanol–water partition coefficient (Wildman–Crippen LogP) is 3.69. The number of nitrogens with one attached hydrogen (secondary N) is 1. The first-order valence-corrected chi connectivity index (χ1v) is 10.0. The van der Waals surface area contributed by atoms with Crippen molar-refractivity contribution >= 4 is 17.9 Å². The number of carbonyl (C=O) groups is 2. The molecule has 0 bridgehead atoms. The van der Waals surface area contributed by atoms with Crippen LogP contribution in [0.1, 0.15) is 48.0 Å². The molecule has 31 heavy (non-hydrogen) atoms. The second kappa shape index (κ2) is 8.01. The van der Waals surface area contributed by atoms with E-state index in [9.17, 15) is 27.2 Å². The Kier molecular flexibility index (Phi) is 5.52. The molecule has 4 rings (SSSR count). The van der Waals surface area contributed by atoms with Gasteiger partial charge in [0.25, 0.3) is 5.91 Å². The lowest BCUT2D eigenvalue weighted by molar-refractivity contribution is -0.140. The lowest BCUT2D eigenvalue weighted by Crippen LogP contribution is -2.47. The summed E-state index contributed by atoms with van der Waals surface area (Å²) in [5, 5.41) is 6.51. The number of ether oxygens (including phenoxy) is 1. The molecule has 2 fully saturated rings. The molecular weight excluding hydrogens is 422 g/mol. The van der Waals surface area contributed by atoms with Gasteiger partial charge >= 0.3 is 12.3 Å². The van der Waals surface area contributed by atoms with Gasteiger partial charge in [0.1, 0.15) is 11.4 Å². The molecule has 1 spiro atoms. The van der Waals surface area contributed by atoms with Gasteiger partial charge in [0.2, 0.25) is 5.90 Å². The summed E-state index contributed by atoms with van der Waals surface area (Å²) in [7, 11) is 0. The molecule has 0 unspecified atom stereocenters. The number of piperidine rings is 1. The van der Waals surface area contributed by atoms with Gasteiger partial charge in [-0.2, -0.15) is 13.2 Å². The Balaban J connectivity index is 1.29. The van der Waals surface area contributed by atoms with Crippen molar-refractivity contribution in [1.29, 1.82) is 0 Å². The Labute approximate surface area is 175 Å². The Morgan fingerprint density at radius 1 is 1.26 bits per heavy atom. The van der Waals surface area contributed by atoms with E-state index in [0.717, 1.165) is 18.9 Å². The van der Waals surface area contributed by atoms with Crippen LogP contribution in [-0.2, 0) is 15.8 Å². The molecular formula is C20H21F4N3O4. The Morgan fingerprint density at radius 2 is 1.97 bits per heavy atom. The molecule has 1 saturated heterocycles. The molecule has 2 heterocycles. The van der Waals surface area contributed by atoms with Crippen LogP contribution in [0.5, 0.6) is 0 Å². The largest absolute Gasteiger partial charge is 0.419 e. The molecule has 0 aromatic heterocycles. The molecule has 2 amide bonds. The molecule has 1 saturated carbocycles. The number of nitrogens with zero attached hydrogens (tertiary/aromatic N) is 2. The number of alkyl carbamates (subject to hydrolysis) is 1. The standard InChI is InChI=1S/C20H21F4N3O4/c21-15-9-13(3-4-14(15)20(22,23)24)17(28)27-7-5-19(6-8-27)10-16(26-31-19)30-18(29)25-11-12-1-2-12/h3-4,9,12H,1-2,5-8,10-11H2,(H,25,29). The summed E-state index contributed by atoms with van der Waals surface area (Å²) in [5.41, 5.74) is -2.26. The third kappa shape index (κ3) is 4.91. The monoisotopic (exact) mass is 443 g/mol. The topological polar surface area (TPSA) is 80.2 Å². The average molecular weight is 443 g/mol. The summed E-state index contributed by atoms with van der Waals surface area (Å²) in [4.78, 5) is 31.3. The zero-order valence-electron chi connectivity index (χ0n) is 16.5. The highest BCUT2D eigenvalue weighted by atomic mass is 19.4. The second-order valence-electron chi connectivity index (χ2n) is 8.13. The lowest BCUT2D eigenvalue weighted by atomic mass is 9.88. The van der Waals surface area contributed by atoms with Gasteiger partial charge in [0.05, 0.1) is 12.0 Å². The molecule has 0 atom stereocenters. The van der Waals surface area contributed by atoms with Gasteiger partial charge in [-0.1, -0.05) is 5.16 Å². The highest BCUT2D eigenvalue weighted by Crippen LogP contribution is 2.36. The van der Waals surface area contributed by atoms with Crippen LogP contribution in [0.4, 0.5) is 22.4 Å². The summed E-state index contributed by atoms with van der Waals surface area (Å²) in [6.45, 7) is 1.07. The maximum Gasteiger partial charge on any atom is 0.419 e. The van der Waals surface area contributed by atoms with E-state index < -0.39 is 35.2 Å². The fourth-order valence-corrected chi connectivity index (χ4v) is 3.68.